The Kier molecular flexibility index (Phi) is 7.78. The Balaban J connectivity index is 1.03. The van der Waals surface area contributed by atoms with Crippen LogP contribution in [0, 0.1) is 0 Å². The fourth-order valence-electron chi connectivity index (χ4n) is 9.05. The van der Waals surface area contributed by atoms with Crippen LogP contribution in [0.1, 0.15) is 60.4 Å². The molecule has 0 radical (unpaired) electrons. The van der Waals surface area contributed by atoms with Gasteiger partial charge in [0, 0.05) is 27.5 Å². The summed E-state index contributed by atoms with van der Waals surface area (Å²) in [6.07, 6.45) is 0. The first-order valence-electron chi connectivity index (χ1n) is 19.0. The predicted octanol–water partition coefficient (Wildman–Crippen LogP) is 14.4. The van der Waals surface area contributed by atoms with Gasteiger partial charge in [0.05, 0.1) is 16.7 Å². The number of para-hydroxylation sites is 1. The molecule has 2 heteroatoms. The minimum Gasteiger partial charge on any atom is -0.308 e. The molecule has 0 aliphatic carbocycles. The summed E-state index contributed by atoms with van der Waals surface area (Å²) in [5.74, 6) is 0.454. The molecule has 54 heavy (non-hydrogen) atoms. The van der Waals surface area contributed by atoms with E-state index in [0.29, 0.717) is 0 Å². The zero-order valence-electron chi connectivity index (χ0n) is 30.8. The van der Waals surface area contributed by atoms with Crippen LogP contribution in [0.3, 0.4) is 0 Å². The highest BCUT2D eigenvalue weighted by atomic mass is 32.1. The molecule has 9 aromatic rings. The third-order valence-corrected chi connectivity index (χ3v) is 12.8. The van der Waals surface area contributed by atoms with Gasteiger partial charge >= 0.3 is 0 Å². The van der Waals surface area contributed by atoms with Crippen molar-refractivity contribution in [3.63, 3.8) is 0 Å². The van der Waals surface area contributed by atoms with Crippen molar-refractivity contribution in [3.05, 3.63) is 208 Å². The van der Waals surface area contributed by atoms with Gasteiger partial charge in [0.2, 0.25) is 0 Å². The van der Waals surface area contributed by atoms with E-state index >= 15 is 0 Å². The Bertz CT molecular complexity index is 2770. The molecule has 10 rings (SSSR count). The van der Waals surface area contributed by atoms with Crippen molar-refractivity contribution in [3.8, 4) is 39.1 Å². The molecule has 1 aliphatic rings. The molecule has 0 N–H and O–H groups in total. The van der Waals surface area contributed by atoms with E-state index in [0.717, 1.165) is 0 Å². The molecular formula is C52H41NS. The van der Waals surface area contributed by atoms with E-state index < -0.39 is 0 Å². The van der Waals surface area contributed by atoms with Crippen LogP contribution in [0.25, 0.3) is 60.9 Å². The normalized spacial score (nSPS) is 14.2. The van der Waals surface area contributed by atoms with Gasteiger partial charge in [0.1, 0.15) is 0 Å². The second-order valence-electron chi connectivity index (χ2n) is 15.4. The van der Waals surface area contributed by atoms with Gasteiger partial charge < -0.3 is 4.57 Å². The molecule has 0 saturated heterocycles. The van der Waals surface area contributed by atoms with Gasteiger partial charge in [-0.2, -0.15) is 0 Å². The lowest BCUT2D eigenvalue weighted by molar-refractivity contribution is 0.633. The molecule has 260 valence electrons. The Labute approximate surface area is 321 Å². The minimum atomic E-state index is -0.0304. The fourth-order valence-corrected chi connectivity index (χ4v) is 10.0. The first-order chi connectivity index (χ1) is 26.5. The van der Waals surface area contributed by atoms with Gasteiger partial charge in [-0.05, 0) is 84.6 Å². The second kappa shape index (κ2) is 12.9. The van der Waals surface area contributed by atoms with Crippen LogP contribution in [-0.2, 0) is 5.41 Å². The van der Waals surface area contributed by atoms with E-state index in [1.165, 1.54) is 88.7 Å². The second-order valence-corrected chi connectivity index (χ2v) is 16.2. The Morgan fingerprint density at radius 1 is 0.463 bits per heavy atom. The lowest BCUT2D eigenvalue weighted by Crippen LogP contribution is -2.24. The quantitative estimate of drug-likeness (QED) is 0.155. The molecule has 3 heterocycles. The van der Waals surface area contributed by atoms with Crippen molar-refractivity contribution in [2.45, 2.75) is 38.0 Å². The number of rotatable bonds is 7. The van der Waals surface area contributed by atoms with Crippen molar-refractivity contribution in [1.29, 1.82) is 0 Å². The SMILES string of the molecule is CC(c1ccc(-c2ccccc2)cc1)C(c1ccc(-c2ccccc2)cc1)c1ccc(-c2ccc3c(c2)c2cccc4c2n3-c2cscc2C4(C)C)cc1. The van der Waals surface area contributed by atoms with E-state index in [1.54, 1.807) is 11.3 Å². The maximum Gasteiger partial charge on any atom is 0.0610 e. The van der Waals surface area contributed by atoms with Gasteiger partial charge in [-0.25, -0.2) is 0 Å². The average molecular weight is 712 g/mol. The number of hydrogen-bond acceptors (Lipinski definition) is 1. The monoisotopic (exact) mass is 711 g/mol. The minimum absolute atomic E-state index is 0.0304. The molecule has 0 fully saturated rings. The molecule has 1 aliphatic heterocycles. The number of fused-ring (bicyclic) bond motifs is 5. The number of aromatic nitrogens is 1. The Hall–Kier alpha value is -5.96. The van der Waals surface area contributed by atoms with Crippen LogP contribution in [0.4, 0.5) is 0 Å². The van der Waals surface area contributed by atoms with Crippen LogP contribution in [0.5, 0.6) is 0 Å². The average Bonchev–Trinajstić information content (AvgIpc) is 3.86. The highest BCUT2D eigenvalue weighted by Gasteiger charge is 2.35. The van der Waals surface area contributed by atoms with E-state index in [2.05, 4.69) is 206 Å². The Morgan fingerprint density at radius 2 is 0.981 bits per heavy atom. The van der Waals surface area contributed by atoms with Crippen LogP contribution >= 0.6 is 11.3 Å². The molecule has 0 spiro atoms. The summed E-state index contributed by atoms with van der Waals surface area (Å²) in [7, 11) is 0. The van der Waals surface area contributed by atoms with Crippen molar-refractivity contribution >= 4 is 33.1 Å². The molecular weight excluding hydrogens is 671 g/mol. The smallest absolute Gasteiger partial charge is 0.0610 e. The number of benzene rings is 7. The third-order valence-electron chi connectivity index (χ3n) is 12.0. The zero-order valence-corrected chi connectivity index (χ0v) is 31.6. The first-order valence-corrected chi connectivity index (χ1v) is 20.0. The third kappa shape index (κ3) is 5.28. The van der Waals surface area contributed by atoms with Gasteiger partial charge in [-0.15, -0.1) is 11.3 Å². The van der Waals surface area contributed by atoms with Crippen molar-refractivity contribution in [1.82, 2.24) is 4.57 Å². The predicted molar refractivity (Wildman–Crippen MR) is 230 cm³/mol. The molecule has 2 unspecified atom stereocenters. The van der Waals surface area contributed by atoms with Crippen LogP contribution < -0.4 is 0 Å². The van der Waals surface area contributed by atoms with Crippen LogP contribution in [-0.4, -0.2) is 4.57 Å². The maximum absolute atomic E-state index is 2.51. The molecule has 7 aromatic carbocycles. The fraction of sp³-hybridized carbons (Fsp3) is 0.115. The largest absolute Gasteiger partial charge is 0.308 e. The maximum atomic E-state index is 2.51. The number of nitrogens with zero attached hydrogens (tertiary/aromatic N) is 1. The summed E-state index contributed by atoms with van der Waals surface area (Å²) >= 11 is 1.80. The van der Waals surface area contributed by atoms with Crippen molar-refractivity contribution in [2.24, 2.45) is 0 Å². The molecule has 0 saturated carbocycles. The molecule has 1 nitrogen and oxygen atoms in total. The molecule has 0 amide bonds. The topological polar surface area (TPSA) is 4.93 Å². The van der Waals surface area contributed by atoms with E-state index in [4.69, 9.17) is 0 Å². The van der Waals surface area contributed by atoms with Gasteiger partial charge in [0.25, 0.3) is 0 Å². The number of hydrogen-bond donors (Lipinski definition) is 0. The molecule has 0 bridgehead atoms. The lowest BCUT2D eigenvalue weighted by atomic mass is 9.76. The van der Waals surface area contributed by atoms with E-state index in [9.17, 15) is 0 Å². The first kappa shape index (κ1) is 32.7. The van der Waals surface area contributed by atoms with Gasteiger partial charge in [-0.1, -0.05) is 178 Å². The Morgan fingerprint density at radius 3 is 1.57 bits per heavy atom. The van der Waals surface area contributed by atoms with E-state index in [1.807, 2.05) is 0 Å². The van der Waals surface area contributed by atoms with Gasteiger partial charge in [-0.3, -0.25) is 0 Å². The zero-order chi connectivity index (χ0) is 36.4. The standard InChI is InChI=1S/C52H41NS/c1-34(35-17-19-38(20-18-35)36-11-6-4-7-12-36)50(41-25-21-39(22-26-41)37-13-8-5-9-14-37)42-27-23-40(24-28-42)43-29-30-48-45(31-43)44-15-10-16-46-51(44)53(48)49-33-54-32-47(49)52(46,2)3/h4-34,50H,1-3H3. The lowest BCUT2D eigenvalue weighted by Gasteiger charge is -2.32. The van der Waals surface area contributed by atoms with Crippen LogP contribution in [0.15, 0.2) is 181 Å². The highest BCUT2D eigenvalue weighted by Crippen LogP contribution is 2.49. The summed E-state index contributed by atoms with van der Waals surface area (Å²) in [5, 5.41) is 7.30. The van der Waals surface area contributed by atoms with Crippen LogP contribution in [0.2, 0.25) is 0 Å². The summed E-state index contributed by atoms with van der Waals surface area (Å²) in [5.41, 5.74) is 18.2. The molecule has 2 atom stereocenters. The summed E-state index contributed by atoms with van der Waals surface area (Å²) in [6.45, 7) is 7.12. The van der Waals surface area contributed by atoms with Crippen molar-refractivity contribution in [2.75, 3.05) is 0 Å². The van der Waals surface area contributed by atoms with Gasteiger partial charge in [0.15, 0.2) is 0 Å². The van der Waals surface area contributed by atoms with E-state index in [-0.39, 0.29) is 17.3 Å². The summed E-state index contributed by atoms with van der Waals surface area (Å²) < 4.78 is 2.51. The summed E-state index contributed by atoms with van der Waals surface area (Å²) in [4.78, 5) is 0. The van der Waals surface area contributed by atoms with Crippen molar-refractivity contribution < 1.29 is 0 Å². The number of thiophene rings is 1. The highest BCUT2D eigenvalue weighted by molar-refractivity contribution is 7.08. The molecule has 2 aromatic heterocycles. The summed E-state index contributed by atoms with van der Waals surface area (Å²) in [6, 6.07) is 63.0.